The molecule has 4 amide bonds. The van der Waals surface area contributed by atoms with E-state index < -0.39 is 29.9 Å². The molecule has 9 nitrogen and oxygen atoms in total. The number of hydrogen-bond donors (Lipinski definition) is 3. The Kier molecular flexibility index (Phi) is 3.83. The Balaban J connectivity index is 2.08. The van der Waals surface area contributed by atoms with Gasteiger partial charge in [-0.3, -0.25) is 14.9 Å². The fraction of sp³-hybridized carbons (Fsp3) is 0.250. The third-order valence-corrected chi connectivity index (χ3v) is 2.92. The number of rotatable bonds is 2. The van der Waals surface area contributed by atoms with Gasteiger partial charge in [0.1, 0.15) is 18.3 Å². The minimum absolute atomic E-state index is 0.158. The molecule has 0 spiro atoms. The van der Waals surface area contributed by atoms with Crippen molar-refractivity contribution in [2.24, 2.45) is 0 Å². The molecule has 9 heteroatoms. The molecule has 2 heterocycles. The van der Waals surface area contributed by atoms with Crippen LogP contribution in [0.15, 0.2) is 18.3 Å². The third kappa shape index (κ3) is 3.14. The Labute approximate surface area is 118 Å². The number of nitrogens with zero attached hydrogens (tertiary/aromatic N) is 2. The zero-order valence-electron chi connectivity index (χ0n) is 11.0. The summed E-state index contributed by atoms with van der Waals surface area (Å²) in [6, 6.07) is 1.17. The summed E-state index contributed by atoms with van der Waals surface area (Å²) in [5.41, 5.74) is 0.101. The van der Waals surface area contributed by atoms with Crippen molar-refractivity contribution in [3.8, 4) is 0 Å². The summed E-state index contributed by atoms with van der Waals surface area (Å²) in [5.74, 6) is -2.30. The average Bonchev–Trinajstić information content (AvgIpc) is 2.43. The first-order chi connectivity index (χ1) is 9.88. The van der Waals surface area contributed by atoms with Crippen molar-refractivity contribution in [1.82, 2.24) is 15.2 Å². The number of carbonyl (C=O) groups is 4. The largest absolute Gasteiger partial charge is 0.477 e. The number of urea groups is 1. The standard InChI is InChI=1S/C12H12N4O5/c1-6-10(18)15-9(17)5-16(6)12(21)14-7-2-3-8(11(19)20)13-4-7/h2-4,6H,5H2,1H3,(H,14,21)(H,19,20)(H,15,17,18). The van der Waals surface area contributed by atoms with E-state index in [9.17, 15) is 19.2 Å². The molecule has 1 unspecified atom stereocenters. The SMILES string of the molecule is CC1C(=O)NC(=O)CN1C(=O)Nc1ccc(C(=O)O)nc1. The van der Waals surface area contributed by atoms with E-state index in [0.717, 1.165) is 4.90 Å². The molecule has 1 fully saturated rings. The molecule has 1 atom stereocenters. The van der Waals surface area contributed by atoms with E-state index in [1.165, 1.54) is 25.3 Å². The van der Waals surface area contributed by atoms with Gasteiger partial charge in [-0.05, 0) is 19.1 Å². The van der Waals surface area contributed by atoms with Gasteiger partial charge < -0.3 is 15.3 Å². The summed E-state index contributed by atoms with van der Waals surface area (Å²) in [5, 5.41) is 13.3. The van der Waals surface area contributed by atoms with Gasteiger partial charge in [-0.1, -0.05) is 0 Å². The highest BCUT2D eigenvalue weighted by Gasteiger charge is 2.33. The minimum Gasteiger partial charge on any atom is -0.477 e. The number of piperazine rings is 1. The summed E-state index contributed by atoms with van der Waals surface area (Å²) < 4.78 is 0. The third-order valence-electron chi connectivity index (χ3n) is 2.92. The van der Waals surface area contributed by atoms with Crippen molar-refractivity contribution in [3.63, 3.8) is 0 Å². The van der Waals surface area contributed by atoms with Gasteiger partial charge in [-0.15, -0.1) is 0 Å². The van der Waals surface area contributed by atoms with Gasteiger partial charge in [0.25, 0.3) is 0 Å². The Bertz CT molecular complexity index is 613. The highest BCUT2D eigenvalue weighted by atomic mass is 16.4. The Hall–Kier alpha value is -2.97. The highest BCUT2D eigenvalue weighted by Crippen LogP contribution is 2.11. The van der Waals surface area contributed by atoms with Crippen molar-refractivity contribution < 1.29 is 24.3 Å². The smallest absolute Gasteiger partial charge is 0.354 e. The van der Waals surface area contributed by atoms with Crippen molar-refractivity contribution in [1.29, 1.82) is 0 Å². The summed E-state index contributed by atoms with van der Waals surface area (Å²) in [4.78, 5) is 50.1. The Morgan fingerprint density at radius 2 is 2.14 bits per heavy atom. The molecule has 21 heavy (non-hydrogen) atoms. The van der Waals surface area contributed by atoms with Crippen LogP contribution in [0.2, 0.25) is 0 Å². The molecule has 0 saturated carbocycles. The number of hydrogen-bond acceptors (Lipinski definition) is 5. The molecule has 3 N–H and O–H groups in total. The monoisotopic (exact) mass is 292 g/mol. The van der Waals surface area contributed by atoms with Gasteiger partial charge in [0.2, 0.25) is 11.8 Å². The zero-order valence-corrected chi connectivity index (χ0v) is 11.0. The molecule has 0 aromatic carbocycles. The van der Waals surface area contributed by atoms with Crippen molar-refractivity contribution in [2.75, 3.05) is 11.9 Å². The van der Waals surface area contributed by atoms with Crippen molar-refractivity contribution in [3.05, 3.63) is 24.0 Å². The number of aromatic carboxylic acids is 1. The second-order valence-corrected chi connectivity index (χ2v) is 4.38. The lowest BCUT2D eigenvalue weighted by Crippen LogP contribution is -2.59. The molecule has 0 aliphatic carbocycles. The maximum atomic E-state index is 12.0. The summed E-state index contributed by atoms with van der Waals surface area (Å²) >= 11 is 0. The molecule has 1 saturated heterocycles. The summed E-state index contributed by atoms with van der Waals surface area (Å²) in [6.45, 7) is 1.26. The number of nitrogens with one attached hydrogen (secondary N) is 2. The van der Waals surface area contributed by atoms with E-state index in [-0.39, 0.29) is 17.9 Å². The fourth-order valence-corrected chi connectivity index (χ4v) is 1.75. The first-order valence-corrected chi connectivity index (χ1v) is 5.99. The van der Waals surface area contributed by atoms with E-state index in [1.807, 2.05) is 0 Å². The van der Waals surface area contributed by atoms with Gasteiger partial charge >= 0.3 is 12.0 Å². The predicted octanol–water partition coefficient (Wildman–Crippen LogP) is -0.341. The lowest BCUT2D eigenvalue weighted by Gasteiger charge is -2.31. The van der Waals surface area contributed by atoms with Crippen LogP contribution in [-0.4, -0.2) is 51.4 Å². The van der Waals surface area contributed by atoms with E-state index in [4.69, 9.17) is 5.11 Å². The van der Waals surface area contributed by atoms with Gasteiger partial charge in [0.15, 0.2) is 0 Å². The first-order valence-electron chi connectivity index (χ1n) is 5.99. The predicted molar refractivity (Wildman–Crippen MR) is 69.5 cm³/mol. The van der Waals surface area contributed by atoms with Gasteiger partial charge in [0.05, 0.1) is 11.9 Å². The average molecular weight is 292 g/mol. The molecule has 1 aliphatic rings. The number of imide groups is 1. The molecular weight excluding hydrogens is 280 g/mol. The van der Waals surface area contributed by atoms with E-state index in [0.29, 0.717) is 0 Å². The van der Waals surface area contributed by atoms with Crippen LogP contribution < -0.4 is 10.6 Å². The normalized spacial score (nSPS) is 18.1. The van der Waals surface area contributed by atoms with Gasteiger partial charge in [0, 0.05) is 0 Å². The fourth-order valence-electron chi connectivity index (χ4n) is 1.75. The maximum Gasteiger partial charge on any atom is 0.354 e. The summed E-state index contributed by atoms with van der Waals surface area (Å²) in [6.07, 6.45) is 1.18. The second-order valence-electron chi connectivity index (χ2n) is 4.38. The van der Waals surface area contributed by atoms with Gasteiger partial charge in [-0.25, -0.2) is 14.6 Å². The van der Waals surface area contributed by atoms with E-state index in [1.54, 1.807) is 0 Å². The van der Waals surface area contributed by atoms with Crippen LogP contribution in [0, 0.1) is 0 Å². The van der Waals surface area contributed by atoms with Crippen molar-refractivity contribution >= 4 is 29.5 Å². The Morgan fingerprint density at radius 3 is 2.71 bits per heavy atom. The highest BCUT2D eigenvalue weighted by molar-refractivity contribution is 6.05. The molecule has 1 aromatic heterocycles. The molecule has 1 aromatic rings. The topological polar surface area (TPSA) is 129 Å². The lowest BCUT2D eigenvalue weighted by molar-refractivity contribution is -0.137. The van der Waals surface area contributed by atoms with Crippen LogP contribution in [0.4, 0.5) is 10.5 Å². The van der Waals surface area contributed by atoms with Crippen LogP contribution in [0.3, 0.4) is 0 Å². The van der Waals surface area contributed by atoms with Crippen LogP contribution in [0.5, 0.6) is 0 Å². The number of aromatic nitrogens is 1. The molecule has 1 aliphatic heterocycles. The van der Waals surface area contributed by atoms with Crippen LogP contribution >= 0.6 is 0 Å². The number of carbonyl (C=O) groups excluding carboxylic acids is 3. The number of anilines is 1. The van der Waals surface area contributed by atoms with Crippen LogP contribution in [0.1, 0.15) is 17.4 Å². The number of amides is 4. The molecule has 110 valence electrons. The Morgan fingerprint density at radius 1 is 1.43 bits per heavy atom. The number of pyridine rings is 1. The van der Waals surface area contributed by atoms with Crippen LogP contribution in [0.25, 0.3) is 0 Å². The van der Waals surface area contributed by atoms with Gasteiger partial charge in [-0.2, -0.15) is 0 Å². The molecular formula is C12H12N4O5. The zero-order chi connectivity index (χ0) is 15.6. The van der Waals surface area contributed by atoms with E-state index >= 15 is 0 Å². The van der Waals surface area contributed by atoms with Crippen molar-refractivity contribution in [2.45, 2.75) is 13.0 Å². The second kappa shape index (κ2) is 5.57. The quantitative estimate of drug-likeness (QED) is 0.639. The minimum atomic E-state index is -1.18. The molecule has 0 radical (unpaired) electrons. The number of carboxylic acid groups (broad SMARTS) is 1. The summed E-state index contributed by atoms with van der Waals surface area (Å²) in [7, 11) is 0. The maximum absolute atomic E-state index is 12.0. The first kappa shape index (κ1) is 14.4. The van der Waals surface area contributed by atoms with Crippen LogP contribution in [-0.2, 0) is 9.59 Å². The number of carboxylic acids is 1. The molecule has 2 rings (SSSR count). The molecule has 0 bridgehead atoms. The lowest BCUT2D eigenvalue weighted by atomic mass is 10.2. The van der Waals surface area contributed by atoms with E-state index in [2.05, 4.69) is 15.6 Å².